The molecule has 0 spiro atoms. The molecule has 1 amide bonds. The lowest BCUT2D eigenvalue weighted by molar-refractivity contribution is 0.0368. The zero-order valence-electron chi connectivity index (χ0n) is 13.1. The Morgan fingerprint density at radius 2 is 1.95 bits per heavy atom. The molecule has 1 unspecified atom stereocenters. The molecule has 0 saturated carbocycles. The maximum atomic E-state index is 12.2. The summed E-state index contributed by atoms with van der Waals surface area (Å²) in [7, 11) is 0. The predicted octanol–water partition coefficient (Wildman–Crippen LogP) is 2.41. The van der Waals surface area contributed by atoms with E-state index in [2.05, 4.69) is 5.32 Å². The molecule has 0 fully saturated rings. The number of aryl methyl sites for hydroxylation is 2. The van der Waals surface area contributed by atoms with Crippen molar-refractivity contribution in [3.8, 4) is 0 Å². The lowest BCUT2D eigenvalue weighted by Gasteiger charge is -2.25. The molecule has 0 saturated heterocycles. The van der Waals surface area contributed by atoms with Gasteiger partial charge in [0.15, 0.2) is 0 Å². The molecular weight excluding hydrogens is 252 g/mol. The summed E-state index contributed by atoms with van der Waals surface area (Å²) in [6, 6.07) is 3.59. The van der Waals surface area contributed by atoms with Crippen LogP contribution < -0.4 is 11.1 Å². The average Bonchev–Trinajstić information content (AvgIpc) is 2.29. The third kappa shape index (κ3) is 4.53. The van der Waals surface area contributed by atoms with Gasteiger partial charge in [-0.3, -0.25) is 4.79 Å². The van der Waals surface area contributed by atoms with E-state index >= 15 is 0 Å². The van der Waals surface area contributed by atoms with E-state index < -0.39 is 5.60 Å². The van der Waals surface area contributed by atoms with Gasteiger partial charge >= 0.3 is 0 Å². The van der Waals surface area contributed by atoms with Crippen LogP contribution in [0.4, 0.5) is 5.69 Å². The predicted molar refractivity (Wildman–Crippen MR) is 82.7 cm³/mol. The summed E-state index contributed by atoms with van der Waals surface area (Å²) in [5.41, 5.74) is 7.97. The van der Waals surface area contributed by atoms with Gasteiger partial charge in [-0.25, -0.2) is 0 Å². The molecule has 0 aliphatic rings. The Labute approximate surface area is 121 Å². The highest BCUT2D eigenvalue weighted by Gasteiger charge is 2.23. The SMILES string of the molecule is Cc1cc(C)c(C(=O)NCC(C)(O)CC(C)C)cc1N. The van der Waals surface area contributed by atoms with Gasteiger partial charge in [0.05, 0.1) is 5.60 Å². The molecule has 1 aromatic carbocycles. The molecule has 20 heavy (non-hydrogen) atoms. The van der Waals surface area contributed by atoms with Gasteiger partial charge in [-0.05, 0) is 50.3 Å². The van der Waals surface area contributed by atoms with Crippen molar-refractivity contribution in [2.45, 2.75) is 46.6 Å². The van der Waals surface area contributed by atoms with E-state index in [0.717, 1.165) is 11.1 Å². The summed E-state index contributed by atoms with van der Waals surface area (Å²) in [4.78, 5) is 12.2. The van der Waals surface area contributed by atoms with E-state index in [-0.39, 0.29) is 12.5 Å². The zero-order chi connectivity index (χ0) is 15.5. The van der Waals surface area contributed by atoms with Crippen LogP contribution in [-0.4, -0.2) is 23.2 Å². The quantitative estimate of drug-likeness (QED) is 0.724. The fourth-order valence-corrected chi connectivity index (χ4v) is 2.43. The highest BCUT2D eigenvalue weighted by atomic mass is 16.3. The second-order valence-electron chi connectivity index (χ2n) is 6.30. The van der Waals surface area contributed by atoms with Crippen LogP contribution in [-0.2, 0) is 0 Å². The molecule has 0 radical (unpaired) electrons. The van der Waals surface area contributed by atoms with Gasteiger partial charge in [-0.15, -0.1) is 0 Å². The summed E-state index contributed by atoms with van der Waals surface area (Å²) in [5.74, 6) is 0.178. The van der Waals surface area contributed by atoms with Crippen LogP contribution in [0.2, 0.25) is 0 Å². The van der Waals surface area contributed by atoms with Crippen LogP contribution in [0.15, 0.2) is 12.1 Å². The summed E-state index contributed by atoms with van der Waals surface area (Å²) >= 11 is 0. The number of carbonyl (C=O) groups excluding carboxylic acids is 1. The van der Waals surface area contributed by atoms with Crippen LogP contribution in [0.3, 0.4) is 0 Å². The first-order valence-electron chi connectivity index (χ1n) is 6.99. The van der Waals surface area contributed by atoms with Crippen molar-refractivity contribution in [1.82, 2.24) is 5.32 Å². The first kappa shape index (κ1) is 16.5. The summed E-state index contributed by atoms with van der Waals surface area (Å²) in [6.07, 6.45) is 0.641. The number of anilines is 1. The molecule has 4 N–H and O–H groups in total. The molecule has 112 valence electrons. The standard InChI is InChI=1S/C16H26N2O2/c1-10(2)8-16(5,20)9-18-15(19)13-7-14(17)12(4)6-11(13)3/h6-7,10,20H,8-9,17H2,1-5H3,(H,18,19). The van der Waals surface area contributed by atoms with Crippen LogP contribution in [0.5, 0.6) is 0 Å². The van der Waals surface area contributed by atoms with Crippen molar-refractivity contribution >= 4 is 11.6 Å². The number of nitrogen functional groups attached to an aromatic ring is 1. The first-order chi connectivity index (χ1) is 9.12. The van der Waals surface area contributed by atoms with Gasteiger partial charge in [0, 0.05) is 17.8 Å². The minimum Gasteiger partial charge on any atom is -0.398 e. The van der Waals surface area contributed by atoms with E-state index in [1.807, 2.05) is 33.8 Å². The van der Waals surface area contributed by atoms with Gasteiger partial charge < -0.3 is 16.2 Å². The zero-order valence-corrected chi connectivity index (χ0v) is 13.1. The van der Waals surface area contributed by atoms with Gasteiger partial charge in [0.2, 0.25) is 0 Å². The number of nitrogens with two attached hydrogens (primary N) is 1. The Morgan fingerprint density at radius 3 is 2.50 bits per heavy atom. The van der Waals surface area contributed by atoms with Crippen molar-refractivity contribution < 1.29 is 9.90 Å². The second kappa shape index (κ2) is 6.27. The van der Waals surface area contributed by atoms with Crippen LogP contribution in [0, 0.1) is 19.8 Å². The number of rotatable bonds is 5. The Kier molecular flexibility index (Phi) is 5.17. The van der Waals surface area contributed by atoms with Gasteiger partial charge in [-0.1, -0.05) is 19.9 Å². The van der Waals surface area contributed by atoms with Crippen LogP contribution in [0.25, 0.3) is 0 Å². The van der Waals surface area contributed by atoms with Crippen molar-refractivity contribution in [2.75, 3.05) is 12.3 Å². The minimum absolute atomic E-state index is 0.196. The number of carbonyl (C=O) groups is 1. The van der Waals surface area contributed by atoms with Crippen molar-refractivity contribution in [1.29, 1.82) is 0 Å². The highest BCUT2D eigenvalue weighted by molar-refractivity contribution is 5.96. The molecule has 4 heteroatoms. The first-order valence-corrected chi connectivity index (χ1v) is 6.99. The number of hydrogen-bond donors (Lipinski definition) is 3. The molecule has 0 heterocycles. The minimum atomic E-state index is -0.895. The molecule has 0 aliphatic carbocycles. The fraction of sp³-hybridized carbons (Fsp3) is 0.562. The molecule has 1 rings (SSSR count). The molecule has 4 nitrogen and oxygen atoms in total. The molecule has 1 atom stereocenters. The summed E-state index contributed by atoms with van der Waals surface area (Å²) < 4.78 is 0. The van der Waals surface area contributed by atoms with E-state index in [4.69, 9.17) is 5.73 Å². The lowest BCUT2D eigenvalue weighted by atomic mass is 9.94. The topological polar surface area (TPSA) is 75.3 Å². The van der Waals surface area contributed by atoms with Crippen LogP contribution >= 0.6 is 0 Å². The third-order valence-electron chi connectivity index (χ3n) is 3.34. The number of benzene rings is 1. The molecule has 0 bridgehead atoms. The highest BCUT2D eigenvalue weighted by Crippen LogP contribution is 2.19. The number of nitrogens with one attached hydrogen (secondary N) is 1. The lowest BCUT2D eigenvalue weighted by Crippen LogP contribution is -2.41. The maximum Gasteiger partial charge on any atom is 0.251 e. The van der Waals surface area contributed by atoms with Gasteiger partial charge in [0.1, 0.15) is 0 Å². The Hall–Kier alpha value is -1.55. The van der Waals surface area contributed by atoms with Crippen molar-refractivity contribution in [2.24, 2.45) is 5.92 Å². The summed E-state index contributed by atoms with van der Waals surface area (Å²) in [5, 5.41) is 13.0. The average molecular weight is 278 g/mol. The van der Waals surface area contributed by atoms with Crippen molar-refractivity contribution in [3.05, 3.63) is 28.8 Å². The maximum absolute atomic E-state index is 12.2. The number of aliphatic hydroxyl groups is 1. The van der Waals surface area contributed by atoms with E-state index in [1.54, 1.807) is 13.0 Å². The Morgan fingerprint density at radius 1 is 1.35 bits per heavy atom. The van der Waals surface area contributed by atoms with Gasteiger partial charge in [0.25, 0.3) is 5.91 Å². The largest absolute Gasteiger partial charge is 0.398 e. The fourth-order valence-electron chi connectivity index (χ4n) is 2.43. The number of hydrogen-bond acceptors (Lipinski definition) is 3. The monoisotopic (exact) mass is 278 g/mol. The summed E-state index contributed by atoms with van der Waals surface area (Å²) in [6.45, 7) is 9.86. The van der Waals surface area contributed by atoms with Gasteiger partial charge in [-0.2, -0.15) is 0 Å². The molecule has 0 aromatic heterocycles. The molecule has 0 aliphatic heterocycles. The van der Waals surface area contributed by atoms with Crippen LogP contribution in [0.1, 0.15) is 48.7 Å². The second-order valence-corrected chi connectivity index (χ2v) is 6.30. The normalized spacial score (nSPS) is 14.2. The Bertz CT molecular complexity index is 493. The van der Waals surface area contributed by atoms with E-state index in [0.29, 0.717) is 23.6 Å². The van der Waals surface area contributed by atoms with Crippen molar-refractivity contribution in [3.63, 3.8) is 0 Å². The van der Waals surface area contributed by atoms with E-state index in [1.165, 1.54) is 0 Å². The van der Waals surface area contributed by atoms with E-state index in [9.17, 15) is 9.90 Å². The smallest absolute Gasteiger partial charge is 0.251 e. The molecule has 1 aromatic rings. The number of amides is 1. The third-order valence-corrected chi connectivity index (χ3v) is 3.34. The molecular formula is C16H26N2O2. The Balaban J connectivity index is 2.75.